The maximum absolute atomic E-state index is 12.4. The molecular formula is C20H24N4O2S. The number of anilines is 2. The van der Waals surface area contributed by atoms with Crippen molar-refractivity contribution in [2.75, 3.05) is 10.6 Å². The number of amides is 1. The molecule has 2 saturated carbocycles. The van der Waals surface area contributed by atoms with Crippen LogP contribution in [-0.2, 0) is 4.79 Å². The molecule has 2 heterocycles. The molecule has 0 unspecified atom stereocenters. The zero-order valence-electron chi connectivity index (χ0n) is 15.2. The molecule has 2 aromatic rings. The standard InChI is InChI=1S/C20H24N4O2S/c25-11-16-18(23-12-22-14-7-2-1-3-8-14)17-15(9-10-21-20(17)27-16)24-19(26)13-5-4-6-13/h9-14H,1-8H2,(H,22,23)(H,21,24,26). The molecular weight excluding hydrogens is 360 g/mol. The topological polar surface area (TPSA) is 83.5 Å². The number of aromatic nitrogens is 1. The van der Waals surface area contributed by atoms with Crippen molar-refractivity contribution in [2.45, 2.75) is 57.4 Å². The van der Waals surface area contributed by atoms with Gasteiger partial charge in [0.1, 0.15) is 4.83 Å². The SMILES string of the molecule is O=Cc1sc2nccc(NC(=O)C3CCC3)c2c1NC=NC1CCCCC1. The van der Waals surface area contributed by atoms with Gasteiger partial charge in [-0.2, -0.15) is 0 Å². The predicted octanol–water partition coefficient (Wildman–Crippen LogP) is 4.62. The molecule has 2 aliphatic rings. The Balaban J connectivity index is 1.60. The molecule has 0 aliphatic heterocycles. The van der Waals surface area contributed by atoms with Crippen LogP contribution in [0.3, 0.4) is 0 Å². The Morgan fingerprint density at radius 2 is 2.00 bits per heavy atom. The maximum Gasteiger partial charge on any atom is 0.227 e. The quantitative estimate of drug-likeness (QED) is 0.432. The van der Waals surface area contributed by atoms with Crippen molar-refractivity contribution in [3.05, 3.63) is 17.1 Å². The number of aliphatic imine (C=N–C) groups is 1. The van der Waals surface area contributed by atoms with Gasteiger partial charge < -0.3 is 10.6 Å². The molecule has 2 aliphatic carbocycles. The van der Waals surface area contributed by atoms with Gasteiger partial charge >= 0.3 is 0 Å². The van der Waals surface area contributed by atoms with Gasteiger partial charge in [-0.05, 0) is 31.7 Å². The number of nitrogens with zero attached hydrogens (tertiary/aromatic N) is 2. The monoisotopic (exact) mass is 384 g/mol. The number of hydrogen-bond acceptors (Lipinski definition) is 5. The van der Waals surface area contributed by atoms with Crippen molar-refractivity contribution < 1.29 is 9.59 Å². The van der Waals surface area contributed by atoms with Gasteiger partial charge in [0.2, 0.25) is 5.91 Å². The first-order valence-corrected chi connectivity index (χ1v) is 10.5. The van der Waals surface area contributed by atoms with Gasteiger partial charge in [-0.3, -0.25) is 14.6 Å². The molecule has 27 heavy (non-hydrogen) atoms. The second-order valence-electron chi connectivity index (χ2n) is 7.33. The van der Waals surface area contributed by atoms with Crippen LogP contribution in [0.5, 0.6) is 0 Å². The zero-order chi connectivity index (χ0) is 18.6. The number of hydrogen-bond donors (Lipinski definition) is 2. The van der Waals surface area contributed by atoms with E-state index in [0.29, 0.717) is 22.3 Å². The van der Waals surface area contributed by atoms with E-state index in [4.69, 9.17) is 0 Å². The van der Waals surface area contributed by atoms with E-state index in [1.807, 2.05) is 0 Å². The summed E-state index contributed by atoms with van der Waals surface area (Å²) in [5, 5.41) is 7.02. The summed E-state index contributed by atoms with van der Waals surface area (Å²) < 4.78 is 0. The highest BCUT2D eigenvalue weighted by atomic mass is 32.1. The Bertz CT molecular complexity index is 866. The van der Waals surface area contributed by atoms with Crippen molar-refractivity contribution in [1.82, 2.24) is 4.98 Å². The summed E-state index contributed by atoms with van der Waals surface area (Å²) in [6, 6.07) is 2.15. The molecule has 2 N–H and O–H groups in total. The van der Waals surface area contributed by atoms with Gasteiger partial charge in [0, 0.05) is 12.1 Å². The van der Waals surface area contributed by atoms with Crippen LogP contribution in [-0.4, -0.2) is 29.6 Å². The van der Waals surface area contributed by atoms with Crippen LogP contribution < -0.4 is 10.6 Å². The number of thiophene rings is 1. The fourth-order valence-corrected chi connectivity index (χ4v) is 4.66. The molecule has 0 aromatic carbocycles. The van der Waals surface area contributed by atoms with Crippen molar-refractivity contribution in [3.8, 4) is 0 Å². The van der Waals surface area contributed by atoms with Crippen LogP contribution in [0.2, 0.25) is 0 Å². The van der Waals surface area contributed by atoms with Crippen LogP contribution in [0, 0.1) is 5.92 Å². The van der Waals surface area contributed by atoms with E-state index >= 15 is 0 Å². The van der Waals surface area contributed by atoms with Crippen molar-refractivity contribution in [2.24, 2.45) is 10.9 Å². The Morgan fingerprint density at radius 3 is 2.70 bits per heavy atom. The number of carbonyl (C=O) groups is 2. The molecule has 7 heteroatoms. The summed E-state index contributed by atoms with van der Waals surface area (Å²) in [6.45, 7) is 0. The molecule has 0 atom stereocenters. The lowest BCUT2D eigenvalue weighted by molar-refractivity contribution is -0.122. The van der Waals surface area contributed by atoms with Crippen LogP contribution in [0.25, 0.3) is 10.2 Å². The van der Waals surface area contributed by atoms with Gasteiger partial charge in [0.15, 0.2) is 6.29 Å². The number of rotatable bonds is 6. The van der Waals surface area contributed by atoms with Crippen molar-refractivity contribution in [1.29, 1.82) is 0 Å². The average Bonchev–Trinajstić information content (AvgIpc) is 3.00. The smallest absolute Gasteiger partial charge is 0.227 e. The normalized spacial score (nSPS) is 18.5. The summed E-state index contributed by atoms with van der Waals surface area (Å²) in [5.74, 6) is 0.149. The van der Waals surface area contributed by atoms with Crippen LogP contribution in [0.1, 0.15) is 61.0 Å². The van der Waals surface area contributed by atoms with E-state index in [2.05, 4.69) is 20.6 Å². The van der Waals surface area contributed by atoms with Crippen molar-refractivity contribution in [3.63, 3.8) is 0 Å². The molecule has 142 valence electrons. The molecule has 0 bridgehead atoms. The third-order valence-corrected chi connectivity index (χ3v) is 6.55. The third kappa shape index (κ3) is 3.88. The van der Waals surface area contributed by atoms with Gasteiger partial charge in [0.25, 0.3) is 0 Å². The van der Waals surface area contributed by atoms with Crippen molar-refractivity contribution >= 4 is 51.5 Å². The molecule has 6 nitrogen and oxygen atoms in total. The Morgan fingerprint density at radius 1 is 1.19 bits per heavy atom. The third-order valence-electron chi connectivity index (χ3n) is 5.53. The van der Waals surface area contributed by atoms with E-state index in [-0.39, 0.29) is 11.8 Å². The van der Waals surface area contributed by atoms with Gasteiger partial charge in [-0.25, -0.2) is 4.98 Å². The Kier molecular flexibility index (Phi) is 5.48. The van der Waals surface area contributed by atoms with E-state index in [1.165, 1.54) is 30.6 Å². The lowest BCUT2D eigenvalue weighted by Gasteiger charge is -2.24. The number of aldehydes is 1. The first-order valence-electron chi connectivity index (χ1n) is 9.72. The lowest BCUT2D eigenvalue weighted by atomic mass is 9.85. The van der Waals surface area contributed by atoms with Crippen LogP contribution in [0.15, 0.2) is 17.3 Å². The minimum absolute atomic E-state index is 0.0504. The lowest BCUT2D eigenvalue weighted by Crippen LogP contribution is -2.28. The second-order valence-corrected chi connectivity index (χ2v) is 8.36. The van der Waals surface area contributed by atoms with Gasteiger partial charge in [-0.1, -0.05) is 25.7 Å². The molecule has 0 spiro atoms. The predicted molar refractivity (Wildman–Crippen MR) is 110 cm³/mol. The maximum atomic E-state index is 12.4. The van der Waals surface area contributed by atoms with Crippen LogP contribution in [0.4, 0.5) is 11.4 Å². The fourth-order valence-electron chi connectivity index (χ4n) is 3.71. The molecule has 4 rings (SSSR count). The summed E-state index contributed by atoms with van der Waals surface area (Å²) in [5.41, 5.74) is 1.39. The molecule has 1 amide bonds. The highest BCUT2D eigenvalue weighted by molar-refractivity contribution is 7.21. The van der Waals surface area contributed by atoms with Gasteiger partial charge in [0.05, 0.1) is 34.0 Å². The Hall–Kier alpha value is -2.28. The number of carbonyl (C=O) groups excluding carboxylic acids is 2. The fraction of sp³-hybridized carbons (Fsp3) is 0.500. The van der Waals surface area contributed by atoms with Crippen LogP contribution >= 0.6 is 11.3 Å². The molecule has 2 aromatic heterocycles. The first kappa shape index (κ1) is 18.1. The Labute approximate surface area is 162 Å². The number of fused-ring (bicyclic) bond motifs is 1. The minimum Gasteiger partial charge on any atom is -0.345 e. The van der Waals surface area contributed by atoms with E-state index < -0.39 is 0 Å². The largest absolute Gasteiger partial charge is 0.345 e. The zero-order valence-corrected chi connectivity index (χ0v) is 16.1. The number of pyridine rings is 1. The summed E-state index contributed by atoms with van der Waals surface area (Å²) >= 11 is 1.32. The molecule has 0 saturated heterocycles. The summed E-state index contributed by atoms with van der Waals surface area (Å²) in [4.78, 5) is 34.3. The van der Waals surface area contributed by atoms with Gasteiger partial charge in [-0.15, -0.1) is 11.3 Å². The second kappa shape index (κ2) is 8.17. The minimum atomic E-state index is 0.0504. The molecule has 0 radical (unpaired) electrons. The average molecular weight is 385 g/mol. The first-order chi connectivity index (χ1) is 13.3. The molecule has 2 fully saturated rings. The summed E-state index contributed by atoms with van der Waals surface area (Å²) in [6.07, 6.45) is 13.2. The highest BCUT2D eigenvalue weighted by Crippen LogP contribution is 2.38. The highest BCUT2D eigenvalue weighted by Gasteiger charge is 2.26. The van der Waals surface area contributed by atoms with E-state index in [1.54, 1.807) is 18.6 Å². The summed E-state index contributed by atoms with van der Waals surface area (Å²) in [7, 11) is 0. The van der Waals surface area contributed by atoms with E-state index in [9.17, 15) is 9.59 Å². The number of nitrogens with one attached hydrogen (secondary N) is 2. The van der Waals surface area contributed by atoms with E-state index in [0.717, 1.165) is 48.6 Å².